The molecule has 4 saturated carbocycles. The zero-order chi connectivity index (χ0) is 72.4. The monoisotopic (exact) mass is 1520 g/mol. The number of nitrogens with zero attached hydrogens (tertiary/aromatic N) is 17. The summed E-state index contributed by atoms with van der Waals surface area (Å²) in [6.07, 6.45) is 5.96. The number of oxime groups is 2. The average molecular weight is 1520 g/mol. The van der Waals surface area contributed by atoms with Crippen molar-refractivity contribution in [1.29, 1.82) is 0 Å². The van der Waals surface area contributed by atoms with Gasteiger partial charge in [-0.25, -0.2) is 24.7 Å². The van der Waals surface area contributed by atoms with Crippen molar-refractivity contribution >= 4 is 132 Å². The van der Waals surface area contributed by atoms with E-state index in [1.807, 2.05) is 72.8 Å². The van der Waals surface area contributed by atoms with Crippen LogP contribution in [0.5, 0.6) is 0 Å². The van der Waals surface area contributed by atoms with Crippen LogP contribution in [0.25, 0.3) is 22.3 Å². The van der Waals surface area contributed by atoms with E-state index in [4.69, 9.17) is 95.3 Å². The highest BCUT2D eigenvalue weighted by molar-refractivity contribution is 6.32. The molecule has 6 aromatic heterocycles. The average Bonchev–Trinajstić information content (AvgIpc) is 1.57. The Morgan fingerprint density at radius 2 is 1.00 bits per heavy atom. The number of carbonyl (C=O) groups is 1. The Hall–Kier alpha value is -8.99. The number of nitrogens with two attached hydrogens (primary N) is 2. The Kier molecular flexibility index (Phi) is 20.2. The number of carbonyl (C=O) groups excluding carboxylic acids is 1. The molecule has 33 heteroatoms. The number of aryl methyl sites for hydroxylation is 2. The smallest absolute Gasteiger partial charge is 0.349 e. The van der Waals surface area contributed by atoms with Gasteiger partial charge in [0.2, 0.25) is 11.8 Å². The van der Waals surface area contributed by atoms with Crippen molar-refractivity contribution in [2.24, 2.45) is 95.1 Å². The van der Waals surface area contributed by atoms with Crippen molar-refractivity contribution in [3.63, 3.8) is 0 Å². The van der Waals surface area contributed by atoms with Crippen molar-refractivity contribution in [2.75, 3.05) is 51.7 Å². The lowest BCUT2D eigenvalue weighted by Gasteiger charge is -2.28. The molecule has 8 fully saturated rings. The first kappa shape index (κ1) is 71.0. The van der Waals surface area contributed by atoms with Gasteiger partial charge < -0.3 is 64.3 Å². The molecule has 6 N–H and O–H groups in total. The van der Waals surface area contributed by atoms with Crippen LogP contribution in [0.1, 0.15) is 63.0 Å². The number of alkyl halides is 2. The fourth-order valence-electron chi connectivity index (χ4n) is 16.6. The van der Waals surface area contributed by atoms with Crippen LogP contribution in [0.2, 0.25) is 20.1 Å². The first-order chi connectivity index (χ1) is 49.6. The lowest BCUT2D eigenvalue weighted by molar-refractivity contribution is -0.140. The van der Waals surface area contributed by atoms with E-state index >= 15 is 0 Å². The lowest BCUT2D eigenvalue weighted by Crippen LogP contribution is -2.35. The molecule has 0 spiro atoms. The van der Waals surface area contributed by atoms with Gasteiger partial charge in [0.1, 0.15) is 36.3 Å². The number of piperidine rings is 4. The van der Waals surface area contributed by atoms with E-state index in [1.54, 1.807) is 35.9 Å². The van der Waals surface area contributed by atoms with Crippen molar-refractivity contribution in [3.8, 4) is 0 Å². The highest BCUT2D eigenvalue weighted by Crippen LogP contribution is 2.63. The molecular formula is C70H74Cl6N20O7. The number of nitrogens with one attached hydrogen (secondary N) is 1. The zero-order valence-corrected chi connectivity index (χ0v) is 61.2. The number of anilines is 4. The van der Waals surface area contributed by atoms with E-state index in [-0.39, 0.29) is 47.2 Å². The maximum Gasteiger partial charge on any atom is 0.349 e. The third-order valence-electron chi connectivity index (χ3n) is 21.7. The maximum atomic E-state index is 12.7. The number of fused-ring (bicyclic) bond motifs is 6. The van der Waals surface area contributed by atoms with Crippen LogP contribution in [-0.2, 0) is 36.2 Å². The van der Waals surface area contributed by atoms with E-state index in [1.165, 1.54) is 22.9 Å². The van der Waals surface area contributed by atoms with Crippen LogP contribution in [0, 0.1) is 59.2 Å². The predicted octanol–water partition coefficient (Wildman–Crippen LogP) is 10.4. The quantitative estimate of drug-likeness (QED) is 0.0208. The van der Waals surface area contributed by atoms with Gasteiger partial charge in [0.05, 0.1) is 19.0 Å². The lowest BCUT2D eigenvalue weighted by atomic mass is 10.1. The number of halogens is 6. The molecule has 4 aliphatic heterocycles. The van der Waals surface area contributed by atoms with Gasteiger partial charge in [-0.15, -0.1) is 23.2 Å². The molecule has 4 saturated heterocycles. The molecule has 103 heavy (non-hydrogen) atoms. The topological polar surface area (TPSA) is 330 Å². The molecule has 0 bridgehead atoms. The fraction of sp³-hybridized carbons (Fsp3) is 0.414. The summed E-state index contributed by atoms with van der Waals surface area (Å²) >= 11 is 35.4. The number of rotatable bonds is 13. The van der Waals surface area contributed by atoms with Gasteiger partial charge in [-0.05, 0) is 148 Å². The van der Waals surface area contributed by atoms with Crippen molar-refractivity contribution in [2.45, 2.75) is 76.1 Å². The molecule has 16 atom stereocenters. The summed E-state index contributed by atoms with van der Waals surface area (Å²) < 4.78 is 15.4. The molecule has 4 unspecified atom stereocenters. The SMILES string of the molecule is CC1[C@@H]2[C@H](CN1c1cccc(Cl)c1)[C@H]2/C(N)=N/O.CC1[C@@H]2[C@H](CN1c1cccc(Cl)c1)[C@H]2/C(N)=N/OC(=O)CCl.CC1[C@@H]2[C@H](CN1c1cccc(Cl)c1)[C@H]2c1noc(CCl)n1.CC1[C@@H]2[C@H](CN1c1cccc(Cl)c1)[C@H]2c1noc(Cn2cnc3ncn(C)c3c2=O)n1.Cn1cnc2nc[nH]c(=O)c21. The molecule has 538 valence electrons. The Balaban J connectivity index is 0.000000112. The number of aromatic nitrogens is 12. The van der Waals surface area contributed by atoms with Crippen LogP contribution in [-0.4, -0.2) is 138 Å². The number of imidazole rings is 2. The highest BCUT2D eigenvalue weighted by atomic mass is 35.5. The van der Waals surface area contributed by atoms with Crippen LogP contribution in [0.4, 0.5) is 22.7 Å². The van der Waals surface area contributed by atoms with E-state index in [0.29, 0.717) is 123 Å². The van der Waals surface area contributed by atoms with Crippen molar-refractivity contribution in [1.82, 2.24) is 58.9 Å². The second kappa shape index (κ2) is 29.3. The van der Waals surface area contributed by atoms with E-state index < -0.39 is 5.97 Å². The van der Waals surface area contributed by atoms with Crippen molar-refractivity contribution < 1.29 is 23.9 Å². The summed E-state index contributed by atoms with van der Waals surface area (Å²) in [5.41, 5.74) is 17.8. The summed E-state index contributed by atoms with van der Waals surface area (Å²) in [5, 5.41) is 26.9. The molecule has 18 rings (SSSR count). The van der Waals surface area contributed by atoms with Gasteiger partial charge in [-0.3, -0.25) is 14.2 Å². The van der Waals surface area contributed by atoms with Gasteiger partial charge in [-0.1, -0.05) is 91.3 Å². The van der Waals surface area contributed by atoms with Gasteiger partial charge in [-0.2, -0.15) is 9.97 Å². The molecular weight excluding hydrogens is 1450 g/mol. The third kappa shape index (κ3) is 14.2. The van der Waals surface area contributed by atoms with Gasteiger partial charge in [0.15, 0.2) is 34.0 Å². The number of H-pyrrole nitrogens is 1. The van der Waals surface area contributed by atoms with E-state index in [0.717, 1.165) is 75.0 Å². The van der Waals surface area contributed by atoms with Gasteiger partial charge in [0, 0.05) is 131 Å². The number of benzene rings is 4. The first-order valence-corrected chi connectivity index (χ1v) is 36.3. The molecule has 0 amide bonds. The number of hydrogen-bond donors (Lipinski definition) is 4. The minimum atomic E-state index is -0.593. The molecule has 10 heterocycles. The highest BCUT2D eigenvalue weighted by Gasteiger charge is 2.65. The van der Waals surface area contributed by atoms with Crippen molar-refractivity contribution in [3.05, 3.63) is 187 Å². The van der Waals surface area contributed by atoms with Crippen LogP contribution < -0.4 is 42.2 Å². The second-order valence-corrected chi connectivity index (χ2v) is 29.7. The largest absolute Gasteiger partial charge is 0.409 e. The molecule has 4 aliphatic carbocycles. The third-order valence-corrected chi connectivity index (χ3v) is 23.0. The Labute approximate surface area is 620 Å². The summed E-state index contributed by atoms with van der Waals surface area (Å²) in [5.74, 6) is 7.84. The summed E-state index contributed by atoms with van der Waals surface area (Å²) in [6, 6.07) is 33.3. The standard InChI is InChI=1S/C21H20ClN7O2.C15H17Cl2N3O2.C15H15Cl2N3O.C13H16ClN3O.C6H6N4O/c1-11-16-14(7-29(11)13-5-3-4-12(22)6-13)17(16)19-25-15(31-26-19)8-28-10-24-20-18(21(28)30)27(2)9-23-20;1-8-13-11(14(13)15(18)19-22-12(21)6-16)7-20(8)10-4-2-3-9(17)5-10;1-8-13-11(14(13)15-18-12(6-16)21-19-15)7-20(8)10-4-2-3-9(17)5-10;1-7-11-10(12(11)13(15)16-18)6-17(7)9-4-2-3-8(14)5-9;1-10-3-9-5-4(10)6(11)8-2-7-5/h3-6,9-11,14,16-17H,7-8H2,1-2H3;2-5,8,11,13-14H,6-7H2,1H3,(H2,18,19);2-5,8,11,13-14H,6-7H2,1H3;2-5,7,10-12,18H,6H2,1H3,(H2,15,16);2-3H,1H3,(H,7,8,11)/t11?,14-,16+,17+;2*8?,11-,13+,14+;7?,10-,11+,12+;/m0000./s1. The Morgan fingerprint density at radius 3 is 1.40 bits per heavy atom. The molecule has 27 nitrogen and oxygen atoms in total. The number of amidine groups is 2. The summed E-state index contributed by atoms with van der Waals surface area (Å²) in [7, 11) is 3.53. The predicted molar refractivity (Wildman–Crippen MR) is 394 cm³/mol. The van der Waals surface area contributed by atoms with Crippen LogP contribution in [0.3, 0.4) is 0 Å². The van der Waals surface area contributed by atoms with Gasteiger partial charge in [0.25, 0.3) is 11.1 Å². The fourth-order valence-corrected chi connectivity index (χ4v) is 17.5. The zero-order valence-electron chi connectivity index (χ0n) is 56.7. The van der Waals surface area contributed by atoms with E-state index in [9.17, 15) is 14.4 Å². The Morgan fingerprint density at radius 1 is 0.583 bits per heavy atom. The summed E-state index contributed by atoms with van der Waals surface area (Å²) in [4.78, 5) is 76.5. The minimum absolute atomic E-state index is 0.157. The van der Waals surface area contributed by atoms with E-state index in [2.05, 4.69) is 132 Å². The summed E-state index contributed by atoms with van der Waals surface area (Å²) in [6.45, 7) is 12.9. The molecule has 4 aromatic carbocycles. The van der Waals surface area contributed by atoms with Crippen LogP contribution in [0.15, 0.2) is 151 Å². The van der Waals surface area contributed by atoms with Crippen LogP contribution >= 0.6 is 69.6 Å². The van der Waals surface area contributed by atoms with Gasteiger partial charge >= 0.3 is 5.97 Å². The number of hydrogen-bond acceptors (Lipinski definition) is 21. The molecule has 8 aliphatic rings. The maximum absolute atomic E-state index is 12.7. The normalized spacial score (nSPS) is 27.3. The first-order valence-electron chi connectivity index (χ1n) is 33.7. The molecule has 0 radical (unpaired) electrons. The second-order valence-electron chi connectivity index (χ2n) is 27.4. The Bertz CT molecular complexity index is 4970. The molecule has 10 aromatic rings. The number of aromatic amines is 1. The minimum Gasteiger partial charge on any atom is -0.409 e.